The van der Waals surface area contributed by atoms with E-state index in [2.05, 4.69) is 42.7 Å². The van der Waals surface area contributed by atoms with E-state index in [1.54, 1.807) is 0 Å². The van der Waals surface area contributed by atoms with E-state index in [1.807, 2.05) is 0 Å². The number of ether oxygens (including phenoxy) is 2. The first-order valence-corrected chi connectivity index (χ1v) is 26.4. The molecule has 0 aromatic rings. The van der Waals surface area contributed by atoms with Gasteiger partial charge in [-0.15, -0.1) is 0 Å². The maximum absolute atomic E-state index is 12.7. The summed E-state index contributed by atoms with van der Waals surface area (Å²) in [4.78, 5) is 46.1. The number of esters is 2. The van der Waals surface area contributed by atoms with E-state index >= 15 is 0 Å². The molecule has 0 saturated heterocycles. The van der Waals surface area contributed by atoms with Crippen molar-refractivity contribution < 1.29 is 47.5 Å². The monoisotopic (exact) mass is 886 g/mol. The second-order valence-corrected chi connectivity index (χ2v) is 18.4. The molecule has 1 unspecified atom stereocenters. The Bertz CT molecular complexity index is 1130. The molecule has 0 fully saturated rings. The lowest BCUT2D eigenvalue weighted by molar-refractivity contribution is -0.161. The smallest absolute Gasteiger partial charge is 0.472 e. The second-order valence-electron chi connectivity index (χ2n) is 17.0. The van der Waals surface area contributed by atoms with Crippen LogP contribution in [0.3, 0.4) is 0 Å². The molecular formula is C49H92NO10P. The molecule has 4 N–H and O–H groups in total. The van der Waals surface area contributed by atoms with Crippen LogP contribution in [0.1, 0.15) is 239 Å². The van der Waals surface area contributed by atoms with Crippen LogP contribution < -0.4 is 5.73 Å². The number of hydrogen-bond donors (Lipinski definition) is 3. The van der Waals surface area contributed by atoms with E-state index in [-0.39, 0.29) is 19.4 Å². The third-order valence-corrected chi connectivity index (χ3v) is 11.9. The Morgan fingerprint density at radius 3 is 1.31 bits per heavy atom. The zero-order valence-electron chi connectivity index (χ0n) is 39.0. The van der Waals surface area contributed by atoms with Crippen LogP contribution in [0.15, 0.2) is 24.3 Å². The van der Waals surface area contributed by atoms with Gasteiger partial charge in [-0.2, -0.15) is 0 Å². The van der Waals surface area contributed by atoms with Crippen LogP contribution in [-0.4, -0.2) is 59.9 Å². The molecule has 12 heteroatoms. The number of nitrogens with two attached hydrogens (primary N) is 1. The maximum atomic E-state index is 12.7. The normalized spacial score (nSPS) is 13.8. The van der Waals surface area contributed by atoms with Crippen molar-refractivity contribution in [2.75, 3.05) is 19.8 Å². The van der Waals surface area contributed by atoms with Crippen molar-refractivity contribution in [3.8, 4) is 0 Å². The molecule has 0 aliphatic rings. The summed E-state index contributed by atoms with van der Waals surface area (Å²) in [5.74, 6) is -2.40. The number of carbonyl (C=O) groups is 3. The van der Waals surface area contributed by atoms with Crippen molar-refractivity contribution in [3.63, 3.8) is 0 Å². The molecule has 11 nitrogen and oxygen atoms in total. The van der Waals surface area contributed by atoms with E-state index in [0.717, 1.165) is 44.9 Å². The van der Waals surface area contributed by atoms with Crippen LogP contribution in [-0.2, 0) is 37.5 Å². The van der Waals surface area contributed by atoms with E-state index in [1.165, 1.54) is 154 Å². The summed E-state index contributed by atoms with van der Waals surface area (Å²) >= 11 is 0. The van der Waals surface area contributed by atoms with Gasteiger partial charge in [0.15, 0.2) is 6.10 Å². The minimum Gasteiger partial charge on any atom is -0.480 e. The molecule has 0 saturated carbocycles. The second kappa shape index (κ2) is 44.6. The highest BCUT2D eigenvalue weighted by Gasteiger charge is 2.28. The number of carbonyl (C=O) groups excluding carboxylic acids is 2. The number of phosphoric acid groups is 1. The largest absolute Gasteiger partial charge is 0.480 e. The molecular weight excluding hydrogens is 794 g/mol. The van der Waals surface area contributed by atoms with Gasteiger partial charge in [-0.3, -0.25) is 23.4 Å². The Kier molecular flexibility index (Phi) is 43.1. The topological polar surface area (TPSA) is 172 Å². The van der Waals surface area contributed by atoms with E-state index in [9.17, 15) is 23.8 Å². The summed E-state index contributed by atoms with van der Waals surface area (Å²) in [6, 6.07) is -1.52. The van der Waals surface area contributed by atoms with Gasteiger partial charge in [0.25, 0.3) is 0 Å². The average molecular weight is 886 g/mol. The van der Waals surface area contributed by atoms with Gasteiger partial charge in [-0.05, 0) is 44.9 Å². The van der Waals surface area contributed by atoms with Gasteiger partial charge in [-0.25, -0.2) is 4.57 Å². The fraction of sp³-hybridized carbons (Fsp3) is 0.857. The van der Waals surface area contributed by atoms with Crippen LogP contribution in [0.25, 0.3) is 0 Å². The highest BCUT2D eigenvalue weighted by molar-refractivity contribution is 7.47. The third-order valence-electron chi connectivity index (χ3n) is 11.0. The third kappa shape index (κ3) is 44.4. The Labute approximate surface area is 372 Å². The quantitative estimate of drug-likeness (QED) is 0.0230. The summed E-state index contributed by atoms with van der Waals surface area (Å²) < 4.78 is 32.8. The number of carboxylic acids is 1. The van der Waals surface area contributed by atoms with Crippen LogP contribution in [0.5, 0.6) is 0 Å². The molecule has 0 aliphatic heterocycles. The van der Waals surface area contributed by atoms with Crippen molar-refractivity contribution in [3.05, 3.63) is 24.3 Å². The predicted octanol–water partition coefficient (Wildman–Crippen LogP) is 13.8. The van der Waals surface area contributed by atoms with Gasteiger partial charge in [0.2, 0.25) is 0 Å². The van der Waals surface area contributed by atoms with E-state index in [0.29, 0.717) is 12.8 Å². The molecule has 0 aliphatic carbocycles. The molecule has 0 heterocycles. The number of phosphoric ester groups is 1. The molecule has 0 bridgehead atoms. The lowest BCUT2D eigenvalue weighted by Gasteiger charge is -2.20. The number of hydrogen-bond acceptors (Lipinski definition) is 9. The van der Waals surface area contributed by atoms with Crippen LogP contribution in [0.2, 0.25) is 0 Å². The first-order chi connectivity index (χ1) is 29.6. The van der Waals surface area contributed by atoms with Gasteiger partial charge in [0.1, 0.15) is 12.6 Å². The summed E-state index contributed by atoms with van der Waals surface area (Å²) in [6.07, 6.45) is 48.2. The van der Waals surface area contributed by atoms with E-state index < -0.39 is 51.1 Å². The molecule has 0 rings (SSSR count). The zero-order chi connectivity index (χ0) is 44.9. The van der Waals surface area contributed by atoms with Gasteiger partial charge in [0.05, 0.1) is 13.2 Å². The first-order valence-electron chi connectivity index (χ1n) is 24.9. The Morgan fingerprint density at radius 1 is 0.508 bits per heavy atom. The molecule has 0 spiro atoms. The number of carboxylic acid groups (broad SMARTS) is 1. The van der Waals surface area contributed by atoms with Crippen molar-refractivity contribution >= 4 is 25.7 Å². The first kappa shape index (κ1) is 59.0. The number of unbranched alkanes of at least 4 members (excludes halogenated alkanes) is 29. The molecule has 0 amide bonds. The Balaban J connectivity index is 4.25. The lowest BCUT2D eigenvalue weighted by atomic mass is 10.0. The standard InChI is InChI=1S/C49H92NO10P/c1-3-5-7-9-11-13-15-17-19-20-21-22-23-24-25-27-29-31-33-35-37-39-41-48(52)60-45(43-58-61(55,56)59-44-46(50)49(53)54)42-57-47(51)40-38-36-34-32-30-28-26-18-16-14-12-10-8-6-4-2/h18,26,30,32,45-46H,3-17,19-25,27-29,31,33-44,50H2,1-2H3,(H,53,54)(H,55,56)/b26-18+,32-30+/t45-,46-/m0/s1. The fourth-order valence-corrected chi connectivity index (χ4v) is 7.82. The highest BCUT2D eigenvalue weighted by Crippen LogP contribution is 2.43. The van der Waals surface area contributed by atoms with Crippen molar-refractivity contribution in [1.29, 1.82) is 0 Å². The predicted molar refractivity (Wildman–Crippen MR) is 249 cm³/mol. The van der Waals surface area contributed by atoms with Crippen molar-refractivity contribution in [2.45, 2.75) is 251 Å². The molecule has 0 aromatic carbocycles. The molecule has 61 heavy (non-hydrogen) atoms. The summed E-state index contributed by atoms with van der Waals surface area (Å²) in [5.41, 5.74) is 5.34. The van der Waals surface area contributed by atoms with Gasteiger partial charge in [-0.1, -0.05) is 205 Å². The average Bonchev–Trinajstić information content (AvgIpc) is 3.24. The van der Waals surface area contributed by atoms with Crippen molar-refractivity contribution in [1.82, 2.24) is 0 Å². The van der Waals surface area contributed by atoms with Crippen LogP contribution >= 0.6 is 7.82 Å². The Hall–Kier alpha value is -2.04. The Morgan fingerprint density at radius 2 is 0.869 bits per heavy atom. The van der Waals surface area contributed by atoms with Crippen LogP contribution in [0, 0.1) is 0 Å². The maximum Gasteiger partial charge on any atom is 0.472 e. The molecule has 0 radical (unpaired) electrons. The van der Waals surface area contributed by atoms with E-state index in [4.69, 9.17) is 24.8 Å². The summed E-state index contributed by atoms with van der Waals surface area (Å²) in [6.45, 7) is 2.80. The number of allylic oxidation sites excluding steroid dienone is 4. The van der Waals surface area contributed by atoms with Crippen molar-refractivity contribution in [2.24, 2.45) is 5.73 Å². The molecule has 358 valence electrons. The summed E-state index contributed by atoms with van der Waals surface area (Å²) in [7, 11) is -4.72. The SMILES string of the molecule is CCCCCCCC/C=C/C/C=C/CCCCC(=O)OC[C@@H](COP(=O)(O)OC[C@H](N)C(=O)O)OC(=O)CCCCCCCCCCCCCCCCCCCCCCCC. The fourth-order valence-electron chi connectivity index (χ4n) is 7.04. The molecule has 0 aromatic heterocycles. The lowest BCUT2D eigenvalue weighted by Crippen LogP contribution is -2.34. The zero-order valence-corrected chi connectivity index (χ0v) is 39.9. The summed E-state index contributed by atoms with van der Waals surface area (Å²) in [5, 5.41) is 8.91. The highest BCUT2D eigenvalue weighted by atomic mass is 31.2. The number of aliphatic carboxylic acids is 1. The van der Waals surface area contributed by atoms with Crippen LogP contribution in [0.4, 0.5) is 0 Å². The van der Waals surface area contributed by atoms with Gasteiger partial charge in [0, 0.05) is 12.8 Å². The number of rotatable bonds is 47. The van der Waals surface area contributed by atoms with Gasteiger partial charge >= 0.3 is 25.7 Å². The minimum absolute atomic E-state index is 0.159. The minimum atomic E-state index is -4.72. The van der Waals surface area contributed by atoms with Gasteiger partial charge < -0.3 is 25.2 Å². The molecule has 3 atom stereocenters.